The van der Waals surface area contributed by atoms with E-state index in [0.717, 1.165) is 0 Å². The highest BCUT2D eigenvalue weighted by molar-refractivity contribution is 5.87. The molecule has 1 amide bonds. The summed E-state index contributed by atoms with van der Waals surface area (Å²) in [5.41, 5.74) is 2.03. The number of ketones is 2. The maximum Gasteiger partial charge on any atom is 0.408 e. The summed E-state index contributed by atoms with van der Waals surface area (Å²) in [4.78, 5) is 77.1. The number of alkyl carbamates (subject to hydrolysis) is 1. The topological polar surface area (TPSA) is 216 Å². The van der Waals surface area contributed by atoms with E-state index in [-0.39, 0.29) is 75.2 Å². The molecule has 0 spiro atoms. The third-order valence-corrected chi connectivity index (χ3v) is 3.45. The zero-order valence-corrected chi connectivity index (χ0v) is 24.7. The van der Waals surface area contributed by atoms with Crippen LogP contribution in [0.4, 0.5) is 4.79 Å². The van der Waals surface area contributed by atoms with Crippen molar-refractivity contribution in [3.05, 3.63) is 0 Å². The zero-order chi connectivity index (χ0) is 29.2. The number of carbonyl (C=O) groups excluding carboxylic acids is 6. The number of carbonyl (C=O) groups is 7. The van der Waals surface area contributed by atoms with Gasteiger partial charge >= 0.3 is 30.0 Å². The molecule has 228 valence electrons. The van der Waals surface area contributed by atoms with Gasteiger partial charge < -0.3 is 47.5 Å². The van der Waals surface area contributed by atoms with Crippen LogP contribution in [0.25, 0.3) is 0 Å². The lowest BCUT2D eigenvalue weighted by molar-refractivity contribution is -0.354. The van der Waals surface area contributed by atoms with Gasteiger partial charge in [-0.3, -0.25) is 19.2 Å². The average molecular weight is 607 g/mol. The first kappa shape index (κ1) is 43.1. The highest BCUT2D eigenvalue weighted by Crippen LogP contribution is 2.07. The van der Waals surface area contributed by atoms with E-state index in [1.54, 1.807) is 41.5 Å². The quantitative estimate of drug-likeness (QED) is 0.145. The molecule has 0 atom stereocenters. The third kappa shape index (κ3) is 33.0. The van der Waals surface area contributed by atoms with Gasteiger partial charge in [0, 0.05) is 12.8 Å². The van der Waals surface area contributed by atoms with Crippen molar-refractivity contribution in [1.29, 1.82) is 0 Å². The minimum Gasteiger partial charge on any atom is -1.00 e. The Morgan fingerprint density at radius 1 is 0.692 bits per heavy atom. The lowest BCUT2D eigenvalue weighted by Gasteiger charge is -2.19. The molecule has 0 aliphatic heterocycles. The standard InChI is InChI=1S/C16H27NO7.C7H11NO5.2ClH/c1-15(2,3)23-13(20)10-22-12(19)8-7-11(18)9-17-14(21)24-16(4,5)6;8-3-5(9)1-2-7(12)13-4-6(10)11;;/h7-10H2,1-6H3,(H,17,21);1-4,8H2,(H,10,11);2*1H. The number of hydrogen-bond acceptors (Lipinski definition) is 11. The maximum absolute atomic E-state index is 11.6. The number of amides is 1. The van der Waals surface area contributed by atoms with Crippen molar-refractivity contribution in [1.82, 2.24) is 5.32 Å². The first-order valence-corrected chi connectivity index (χ1v) is 11.4. The second-order valence-corrected chi connectivity index (χ2v) is 9.48. The predicted molar refractivity (Wildman–Crippen MR) is 133 cm³/mol. The van der Waals surface area contributed by atoms with Gasteiger partial charge in [-0.25, -0.2) is 14.4 Å². The van der Waals surface area contributed by atoms with E-state index in [1.165, 1.54) is 0 Å². The molecule has 5 N–H and O–H groups in total. The lowest BCUT2D eigenvalue weighted by Crippen LogP contribution is -3.00. The van der Waals surface area contributed by atoms with Gasteiger partial charge in [0.25, 0.3) is 0 Å². The summed E-state index contributed by atoms with van der Waals surface area (Å²) in [6.45, 7) is 8.94. The van der Waals surface area contributed by atoms with Gasteiger partial charge in [-0.15, -0.1) is 12.4 Å². The van der Waals surface area contributed by atoms with E-state index < -0.39 is 54.4 Å². The molecular formula is C23H40Cl2N2O12. The monoisotopic (exact) mass is 606 g/mol. The highest BCUT2D eigenvalue weighted by Gasteiger charge is 2.19. The number of carboxylic acid groups (broad SMARTS) is 1. The fourth-order valence-electron chi connectivity index (χ4n) is 1.98. The fourth-order valence-corrected chi connectivity index (χ4v) is 1.98. The van der Waals surface area contributed by atoms with Gasteiger partial charge in [-0.05, 0) is 41.5 Å². The van der Waals surface area contributed by atoms with E-state index in [4.69, 9.17) is 19.3 Å². The van der Waals surface area contributed by atoms with Gasteiger partial charge in [0.15, 0.2) is 24.8 Å². The molecule has 0 fully saturated rings. The number of Topliss-reactive ketones (excluding diaryl/α,β-unsaturated/α-hetero) is 2. The van der Waals surface area contributed by atoms with Crippen molar-refractivity contribution in [3.8, 4) is 0 Å². The first-order valence-electron chi connectivity index (χ1n) is 11.4. The number of ether oxygens (including phenoxy) is 4. The Hall–Kier alpha value is -2.97. The molecule has 14 nitrogen and oxygen atoms in total. The highest BCUT2D eigenvalue weighted by atomic mass is 35.5. The van der Waals surface area contributed by atoms with E-state index in [2.05, 4.69) is 15.8 Å². The molecule has 0 aliphatic carbocycles. The molecule has 0 aromatic heterocycles. The van der Waals surface area contributed by atoms with E-state index in [0.29, 0.717) is 0 Å². The molecule has 0 aromatic rings. The van der Waals surface area contributed by atoms with Crippen LogP contribution in [0.15, 0.2) is 0 Å². The van der Waals surface area contributed by atoms with E-state index >= 15 is 0 Å². The second kappa shape index (κ2) is 21.9. The van der Waals surface area contributed by atoms with E-state index in [1.807, 2.05) is 0 Å². The number of hydrogen-bond donors (Lipinski definition) is 3. The molecule has 39 heavy (non-hydrogen) atoms. The summed E-state index contributed by atoms with van der Waals surface area (Å²) >= 11 is 0. The molecule has 0 saturated carbocycles. The van der Waals surface area contributed by atoms with Crippen molar-refractivity contribution in [2.24, 2.45) is 0 Å². The largest absolute Gasteiger partial charge is 1.00 e. The van der Waals surface area contributed by atoms with E-state index in [9.17, 15) is 33.6 Å². The third-order valence-electron chi connectivity index (χ3n) is 3.45. The molecule has 0 aromatic carbocycles. The van der Waals surface area contributed by atoms with Gasteiger partial charge in [0.2, 0.25) is 0 Å². The molecule has 0 saturated heterocycles. The normalized spacial score (nSPS) is 10.1. The number of aliphatic carboxylic acids is 1. The van der Waals surface area contributed by atoms with Crippen LogP contribution in [0.2, 0.25) is 0 Å². The van der Waals surface area contributed by atoms with Crippen LogP contribution in [0, 0.1) is 0 Å². The fraction of sp³-hybridized carbons (Fsp3) is 0.696. The van der Waals surface area contributed by atoms with Gasteiger partial charge in [0.1, 0.15) is 17.7 Å². The summed E-state index contributed by atoms with van der Waals surface area (Å²) in [6.07, 6.45) is -1.02. The van der Waals surface area contributed by atoms with Crippen LogP contribution < -0.4 is 23.5 Å². The van der Waals surface area contributed by atoms with Gasteiger partial charge in [-0.1, -0.05) is 0 Å². The van der Waals surface area contributed by atoms with Crippen LogP contribution in [-0.4, -0.2) is 84.1 Å². The molecule has 0 bridgehead atoms. The van der Waals surface area contributed by atoms with Crippen molar-refractivity contribution >= 4 is 53.9 Å². The predicted octanol–water partition coefficient (Wildman–Crippen LogP) is -2.62. The number of quaternary nitrogens is 1. The van der Waals surface area contributed by atoms with Crippen molar-refractivity contribution in [3.63, 3.8) is 0 Å². The lowest BCUT2D eigenvalue weighted by atomic mass is 10.2. The van der Waals surface area contributed by atoms with Gasteiger partial charge in [-0.2, -0.15) is 0 Å². The summed E-state index contributed by atoms with van der Waals surface area (Å²) < 4.78 is 18.9. The molecule has 0 radical (unpaired) electrons. The Bertz CT molecular complexity index is 777. The van der Waals surface area contributed by atoms with Crippen LogP contribution >= 0.6 is 12.4 Å². The Kier molecular flexibility index (Phi) is 24.2. The van der Waals surface area contributed by atoms with Gasteiger partial charge in [0.05, 0.1) is 19.4 Å². The Balaban J connectivity index is -0.000000349. The van der Waals surface area contributed by atoms with Crippen LogP contribution in [0.1, 0.15) is 67.2 Å². The number of esters is 3. The van der Waals surface area contributed by atoms with Crippen molar-refractivity contribution in [2.75, 3.05) is 26.3 Å². The number of halogens is 2. The molecular weight excluding hydrogens is 567 g/mol. The molecule has 16 heteroatoms. The van der Waals surface area contributed by atoms with Crippen LogP contribution in [0.5, 0.6) is 0 Å². The molecule has 0 aliphatic rings. The second-order valence-electron chi connectivity index (χ2n) is 9.48. The number of nitrogens with one attached hydrogen (secondary N) is 1. The zero-order valence-electron chi connectivity index (χ0n) is 23.1. The summed E-state index contributed by atoms with van der Waals surface area (Å²) in [5, 5.41) is 10.4. The smallest absolute Gasteiger partial charge is 0.408 e. The SMILES string of the molecule is CC(C)(C)OC(=O)COC(=O)CCC(=O)CNC(=O)OC(C)(C)C.Cl.[Cl-].[NH3+]CC(=O)CCC(=O)OCC(=O)O. The Morgan fingerprint density at radius 2 is 1.13 bits per heavy atom. The minimum atomic E-state index is -1.21. The first-order chi connectivity index (χ1) is 16.8. The van der Waals surface area contributed by atoms with Crippen LogP contribution in [0.3, 0.4) is 0 Å². The summed E-state index contributed by atoms with van der Waals surface area (Å²) in [6, 6.07) is 0. The van der Waals surface area contributed by atoms with Crippen LogP contribution in [-0.2, 0) is 47.7 Å². The summed E-state index contributed by atoms with van der Waals surface area (Å²) in [7, 11) is 0. The summed E-state index contributed by atoms with van der Waals surface area (Å²) in [5.74, 6) is -3.73. The molecule has 0 rings (SSSR count). The Morgan fingerprint density at radius 3 is 1.54 bits per heavy atom. The average Bonchev–Trinajstić information content (AvgIpc) is 2.75. The number of rotatable bonds is 13. The maximum atomic E-state index is 11.6. The number of carboxylic acids is 1. The van der Waals surface area contributed by atoms with Crippen molar-refractivity contribution in [2.45, 2.75) is 78.4 Å². The minimum absolute atomic E-state index is 0. The van der Waals surface area contributed by atoms with Crippen molar-refractivity contribution < 1.29 is 75.8 Å². The molecule has 0 unspecified atom stereocenters. The Labute approximate surface area is 239 Å². The molecule has 0 heterocycles.